The van der Waals surface area contributed by atoms with Crippen molar-refractivity contribution >= 4 is 50.4 Å². The predicted octanol–water partition coefficient (Wildman–Crippen LogP) is 6.54. The van der Waals surface area contributed by atoms with Gasteiger partial charge in [0.2, 0.25) is 0 Å². The normalized spacial score (nSPS) is 13.0. The largest absolute Gasteiger partial charge is 0.352 e. The van der Waals surface area contributed by atoms with Gasteiger partial charge in [-0.3, -0.25) is 5.43 Å². The molecule has 0 radical (unpaired) electrons. The van der Waals surface area contributed by atoms with E-state index in [1.54, 1.807) is 23.1 Å². The maximum atomic E-state index is 4.86. The van der Waals surface area contributed by atoms with Crippen LogP contribution in [-0.2, 0) is 0 Å². The minimum atomic E-state index is 0.830. The molecule has 0 amide bonds. The number of anilines is 3. The molecule has 6 heteroatoms. The molecule has 4 nitrogen and oxygen atoms in total. The maximum Gasteiger partial charge on any atom is 0.110 e. The number of fused-ring (bicyclic) bond motifs is 4. The van der Waals surface area contributed by atoms with E-state index in [1.807, 2.05) is 42.5 Å². The van der Waals surface area contributed by atoms with Gasteiger partial charge in [0.1, 0.15) is 11.1 Å². The second-order valence-electron chi connectivity index (χ2n) is 6.93. The standard InChI is InChI=1S/C24H16N4S2/c1-3-11-19-15(7-1)25-23-17(9-5-13-21(23)29-19)27-28-18-10-6-14-22-24(18)26-16-8-2-4-12-20(16)30-22/h1-14,25,27H/b28-18+. The summed E-state index contributed by atoms with van der Waals surface area (Å²) in [7, 11) is 0. The van der Waals surface area contributed by atoms with Gasteiger partial charge in [-0.25, -0.2) is 4.98 Å². The third-order valence-corrected chi connectivity index (χ3v) is 7.24. The monoisotopic (exact) mass is 424 g/mol. The molecule has 0 saturated carbocycles. The van der Waals surface area contributed by atoms with Gasteiger partial charge in [0, 0.05) is 9.79 Å². The van der Waals surface area contributed by atoms with E-state index in [9.17, 15) is 0 Å². The summed E-state index contributed by atoms with van der Waals surface area (Å²) in [6.07, 6.45) is 0. The first-order valence-corrected chi connectivity index (χ1v) is 11.2. The molecule has 0 saturated heterocycles. The number of nitrogens with zero attached hydrogens (tertiary/aromatic N) is 2. The third-order valence-electron chi connectivity index (χ3n) is 4.98. The number of para-hydroxylation sites is 4. The SMILES string of the molecule is c1ccc2c(c1)Nc1c(N/N=c3\cccc4sc5ccccc5nc3-4)cccc1S2. The minimum absolute atomic E-state index is 0.830. The van der Waals surface area contributed by atoms with E-state index < -0.39 is 0 Å². The summed E-state index contributed by atoms with van der Waals surface area (Å²) < 4.78 is 1.17. The van der Waals surface area contributed by atoms with Crippen LogP contribution in [0.5, 0.6) is 0 Å². The molecule has 0 bridgehead atoms. The van der Waals surface area contributed by atoms with Crippen molar-refractivity contribution in [1.82, 2.24) is 4.98 Å². The van der Waals surface area contributed by atoms with Gasteiger partial charge in [0.15, 0.2) is 0 Å². The summed E-state index contributed by atoms with van der Waals surface area (Å²) in [6.45, 7) is 0. The Kier molecular flexibility index (Phi) is 4.18. The van der Waals surface area contributed by atoms with Crippen molar-refractivity contribution in [2.24, 2.45) is 5.10 Å². The molecule has 2 N–H and O–H groups in total. The first kappa shape index (κ1) is 17.5. The highest BCUT2D eigenvalue weighted by Crippen LogP contribution is 2.46. The van der Waals surface area contributed by atoms with Crippen molar-refractivity contribution in [3.05, 3.63) is 90.3 Å². The number of nitrogens with one attached hydrogen (secondary N) is 2. The first-order valence-electron chi connectivity index (χ1n) is 9.60. The van der Waals surface area contributed by atoms with Crippen molar-refractivity contribution in [2.45, 2.75) is 9.79 Å². The van der Waals surface area contributed by atoms with Crippen LogP contribution in [0, 0.1) is 0 Å². The van der Waals surface area contributed by atoms with E-state index in [1.165, 1.54) is 14.5 Å². The van der Waals surface area contributed by atoms with Crippen molar-refractivity contribution < 1.29 is 0 Å². The zero-order valence-corrected chi connectivity index (χ0v) is 17.4. The van der Waals surface area contributed by atoms with Crippen LogP contribution in [-0.4, -0.2) is 4.98 Å². The van der Waals surface area contributed by atoms with Crippen LogP contribution >= 0.6 is 23.1 Å². The predicted molar refractivity (Wildman–Crippen MR) is 126 cm³/mol. The molecule has 3 aromatic carbocycles. The summed E-state index contributed by atoms with van der Waals surface area (Å²) in [5.74, 6) is 0. The Morgan fingerprint density at radius 2 is 1.63 bits per heavy atom. The topological polar surface area (TPSA) is 49.3 Å². The lowest BCUT2D eigenvalue weighted by molar-refractivity contribution is 1.18. The van der Waals surface area contributed by atoms with Gasteiger partial charge < -0.3 is 5.32 Å². The first-order chi connectivity index (χ1) is 14.8. The van der Waals surface area contributed by atoms with Gasteiger partial charge in [-0.15, -0.1) is 11.3 Å². The highest BCUT2D eigenvalue weighted by atomic mass is 32.2. The van der Waals surface area contributed by atoms with Gasteiger partial charge in [0.05, 0.1) is 32.2 Å². The van der Waals surface area contributed by atoms with Crippen LogP contribution in [0.25, 0.3) is 20.8 Å². The molecular weight excluding hydrogens is 408 g/mol. The zero-order valence-electron chi connectivity index (χ0n) is 15.8. The molecule has 2 heterocycles. The quantitative estimate of drug-likeness (QED) is 0.245. The summed E-state index contributed by atoms with van der Waals surface area (Å²) >= 11 is 3.50. The van der Waals surface area contributed by atoms with Crippen molar-refractivity contribution in [1.29, 1.82) is 0 Å². The fourth-order valence-corrected chi connectivity index (χ4v) is 5.56. The van der Waals surface area contributed by atoms with Gasteiger partial charge in [-0.1, -0.05) is 48.2 Å². The molecule has 0 spiro atoms. The lowest BCUT2D eigenvalue weighted by Crippen LogP contribution is -2.11. The fraction of sp³-hybridized carbons (Fsp3) is 0. The van der Waals surface area contributed by atoms with Crippen molar-refractivity contribution in [3.8, 4) is 10.6 Å². The molecule has 2 aliphatic heterocycles. The molecule has 144 valence electrons. The van der Waals surface area contributed by atoms with Crippen LogP contribution in [0.4, 0.5) is 17.1 Å². The molecule has 1 aliphatic carbocycles. The van der Waals surface area contributed by atoms with Gasteiger partial charge in [0.25, 0.3) is 0 Å². The molecule has 3 aromatic rings. The van der Waals surface area contributed by atoms with Crippen LogP contribution in [0.15, 0.2) is 99.8 Å². The van der Waals surface area contributed by atoms with E-state index in [0.717, 1.165) is 38.5 Å². The Bertz CT molecular complexity index is 1440. The Morgan fingerprint density at radius 1 is 0.800 bits per heavy atom. The van der Waals surface area contributed by atoms with Crippen LogP contribution in [0.3, 0.4) is 0 Å². The van der Waals surface area contributed by atoms with Crippen LogP contribution < -0.4 is 16.1 Å². The number of benzene rings is 4. The smallest absolute Gasteiger partial charge is 0.110 e. The minimum Gasteiger partial charge on any atom is -0.352 e. The molecule has 0 aromatic heterocycles. The van der Waals surface area contributed by atoms with E-state index in [-0.39, 0.29) is 0 Å². The summed E-state index contributed by atoms with van der Waals surface area (Å²) in [5.41, 5.74) is 8.28. The molecule has 3 aliphatic rings. The van der Waals surface area contributed by atoms with Crippen LogP contribution in [0.1, 0.15) is 0 Å². The Labute approximate surface area is 181 Å². The van der Waals surface area contributed by atoms with Crippen molar-refractivity contribution in [3.63, 3.8) is 0 Å². The molecule has 0 unspecified atom stereocenters. The number of hydrogen-bond acceptors (Lipinski definition) is 6. The second kappa shape index (κ2) is 7.16. The summed E-state index contributed by atoms with van der Waals surface area (Å²) in [5, 5.41) is 9.10. The average Bonchev–Trinajstić information content (AvgIpc) is 2.80. The number of aromatic nitrogens is 1. The lowest BCUT2D eigenvalue weighted by atomic mass is 10.2. The second-order valence-corrected chi connectivity index (χ2v) is 9.10. The van der Waals surface area contributed by atoms with Gasteiger partial charge in [-0.2, -0.15) is 5.10 Å². The summed E-state index contributed by atoms with van der Waals surface area (Å²) in [6, 6.07) is 28.9. The molecule has 6 rings (SSSR count). The third kappa shape index (κ3) is 3.01. The van der Waals surface area contributed by atoms with E-state index in [2.05, 4.69) is 53.2 Å². The Hall–Kier alpha value is -3.35. The lowest BCUT2D eigenvalue weighted by Gasteiger charge is -2.22. The van der Waals surface area contributed by atoms with Crippen molar-refractivity contribution in [2.75, 3.05) is 10.7 Å². The molecule has 0 atom stereocenters. The van der Waals surface area contributed by atoms with Gasteiger partial charge in [-0.05, 0) is 48.5 Å². The van der Waals surface area contributed by atoms with Crippen LogP contribution in [0.2, 0.25) is 0 Å². The Balaban J connectivity index is 1.42. The molecule has 0 fully saturated rings. The van der Waals surface area contributed by atoms with E-state index in [4.69, 9.17) is 10.1 Å². The highest BCUT2D eigenvalue weighted by molar-refractivity contribution is 7.99. The van der Waals surface area contributed by atoms with E-state index >= 15 is 0 Å². The molecular formula is C24H16N4S2. The fourth-order valence-electron chi connectivity index (χ4n) is 3.54. The zero-order chi connectivity index (χ0) is 19.9. The maximum absolute atomic E-state index is 4.86. The number of rotatable bonds is 2. The average molecular weight is 425 g/mol. The molecule has 30 heavy (non-hydrogen) atoms. The highest BCUT2D eigenvalue weighted by Gasteiger charge is 2.18. The van der Waals surface area contributed by atoms with Gasteiger partial charge >= 0.3 is 0 Å². The number of hydrogen-bond donors (Lipinski definition) is 2. The van der Waals surface area contributed by atoms with E-state index in [0.29, 0.717) is 0 Å². The summed E-state index contributed by atoms with van der Waals surface area (Å²) in [4.78, 5) is 8.39. The Morgan fingerprint density at radius 3 is 2.63 bits per heavy atom.